The van der Waals surface area contributed by atoms with Gasteiger partial charge in [0.15, 0.2) is 5.11 Å². The number of hydrogen-bond acceptors (Lipinski definition) is 8. The Hall–Kier alpha value is -2.47. The normalized spacial score (nSPS) is 15.9. The molecule has 1 amide bonds. The number of tetrazole rings is 1. The average Bonchev–Trinajstić information content (AvgIpc) is 3.21. The van der Waals surface area contributed by atoms with Crippen molar-refractivity contribution in [3.63, 3.8) is 0 Å². The Kier molecular flexibility index (Phi) is 7.65. The van der Waals surface area contributed by atoms with Crippen molar-refractivity contribution in [2.45, 2.75) is 56.5 Å². The van der Waals surface area contributed by atoms with Crippen molar-refractivity contribution >= 4 is 40.9 Å². The molecule has 10 nitrogen and oxygen atoms in total. The van der Waals surface area contributed by atoms with Gasteiger partial charge in [-0.25, -0.2) is 9.78 Å². The van der Waals surface area contributed by atoms with E-state index in [9.17, 15) is 4.79 Å². The van der Waals surface area contributed by atoms with Crippen LogP contribution in [0.3, 0.4) is 0 Å². The van der Waals surface area contributed by atoms with Crippen molar-refractivity contribution < 1.29 is 9.53 Å². The Labute approximate surface area is 191 Å². The summed E-state index contributed by atoms with van der Waals surface area (Å²) in [6, 6.07) is 3.42. The number of ether oxygens (including phenoxy) is 1. The van der Waals surface area contributed by atoms with Crippen LogP contribution in [0.5, 0.6) is 5.88 Å². The number of thioether (sulfide) groups is 1. The van der Waals surface area contributed by atoms with Gasteiger partial charge < -0.3 is 20.3 Å². The summed E-state index contributed by atoms with van der Waals surface area (Å²) in [7, 11) is 0. The van der Waals surface area contributed by atoms with Gasteiger partial charge in [-0.05, 0) is 63.0 Å². The lowest BCUT2D eigenvalue weighted by Crippen LogP contribution is -2.43. The second-order valence-electron chi connectivity index (χ2n) is 8.42. The number of nitrogens with one attached hydrogen (secondary N) is 3. The first kappa shape index (κ1) is 23.2. The van der Waals surface area contributed by atoms with Gasteiger partial charge in [-0.1, -0.05) is 18.7 Å². The number of amides is 1. The Morgan fingerprint density at radius 2 is 2.10 bits per heavy atom. The first-order valence-electron chi connectivity index (χ1n) is 10.1. The molecule has 1 saturated heterocycles. The smallest absolute Gasteiger partial charge is 0.391 e. The molecule has 0 radical (unpaired) electrons. The molecule has 12 heteroatoms. The van der Waals surface area contributed by atoms with Gasteiger partial charge in [0.1, 0.15) is 0 Å². The number of pyridine rings is 1. The van der Waals surface area contributed by atoms with Gasteiger partial charge in [0, 0.05) is 29.9 Å². The molecular weight excluding hydrogens is 436 g/mol. The molecule has 2 aromatic heterocycles. The Balaban J connectivity index is 1.44. The Bertz CT molecular complexity index is 862. The van der Waals surface area contributed by atoms with Crippen molar-refractivity contribution in [2.75, 3.05) is 18.4 Å². The van der Waals surface area contributed by atoms with E-state index in [1.54, 1.807) is 35.0 Å². The molecule has 0 aliphatic carbocycles. The Morgan fingerprint density at radius 3 is 2.68 bits per heavy atom. The molecule has 168 valence electrons. The third kappa shape index (κ3) is 7.31. The quantitative estimate of drug-likeness (QED) is 0.449. The van der Waals surface area contributed by atoms with E-state index in [1.807, 2.05) is 20.8 Å². The van der Waals surface area contributed by atoms with Crippen LogP contribution in [0.4, 0.5) is 10.5 Å². The highest BCUT2D eigenvalue weighted by molar-refractivity contribution is 7.99. The molecule has 1 aliphatic rings. The number of anilines is 1. The van der Waals surface area contributed by atoms with Crippen LogP contribution in [-0.4, -0.2) is 65.6 Å². The van der Waals surface area contributed by atoms with Gasteiger partial charge in [-0.3, -0.25) is 0 Å². The lowest BCUT2D eigenvalue weighted by Gasteiger charge is -2.33. The number of hydrogen-bond donors (Lipinski definition) is 3. The van der Waals surface area contributed by atoms with Gasteiger partial charge in [-0.2, -0.15) is 5.21 Å². The van der Waals surface area contributed by atoms with Gasteiger partial charge >= 0.3 is 6.09 Å². The minimum Gasteiger partial charge on any atom is -0.391 e. The number of H-pyrrole nitrogens is 1. The van der Waals surface area contributed by atoms with Crippen molar-refractivity contribution in [3.05, 3.63) is 18.3 Å². The van der Waals surface area contributed by atoms with E-state index in [-0.39, 0.29) is 17.5 Å². The average molecular weight is 465 g/mol. The maximum absolute atomic E-state index is 12.5. The monoisotopic (exact) mass is 464 g/mol. The van der Waals surface area contributed by atoms with Gasteiger partial charge in [-0.15, -0.1) is 10.2 Å². The fourth-order valence-electron chi connectivity index (χ4n) is 3.19. The zero-order chi connectivity index (χ0) is 22.4. The third-order valence-electron chi connectivity index (χ3n) is 4.75. The van der Waals surface area contributed by atoms with Crippen molar-refractivity contribution in [2.24, 2.45) is 5.92 Å². The van der Waals surface area contributed by atoms with Gasteiger partial charge in [0.05, 0.1) is 11.9 Å². The molecule has 0 saturated carbocycles. The van der Waals surface area contributed by atoms with Crippen LogP contribution in [-0.2, 0) is 0 Å². The molecular formula is C19H28N8O2S2. The molecule has 1 unspecified atom stereocenters. The SMILES string of the molecule is CC(Sc1nn[nH]n1)C1CCN(C(=O)Oc2ccc(NC(=S)NC(C)(C)C)cn2)CC1. The highest BCUT2D eigenvalue weighted by Crippen LogP contribution is 2.31. The third-order valence-corrected chi connectivity index (χ3v) is 6.10. The largest absolute Gasteiger partial charge is 0.416 e. The van der Waals surface area contributed by atoms with E-state index < -0.39 is 0 Å². The first-order chi connectivity index (χ1) is 14.7. The number of likely N-dealkylation sites (tertiary alicyclic amines) is 1. The second kappa shape index (κ2) is 10.2. The number of rotatable bonds is 5. The topological polar surface area (TPSA) is 121 Å². The molecule has 1 aliphatic heterocycles. The molecule has 31 heavy (non-hydrogen) atoms. The van der Waals surface area contributed by atoms with E-state index in [0.29, 0.717) is 34.5 Å². The molecule has 1 fully saturated rings. The van der Waals surface area contributed by atoms with Crippen molar-refractivity contribution in [3.8, 4) is 5.88 Å². The number of thiocarbonyl (C=S) groups is 1. The number of aromatic amines is 1. The van der Waals surface area contributed by atoms with E-state index in [2.05, 4.69) is 43.2 Å². The summed E-state index contributed by atoms with van der Waals surface area (Å²) in [6.45, 7) is 9.52. The van der Waals surface area contributed by atoms with Crippen molar-refractivity contribution in [1.29, 1.82) is 0 Å². The van der Waals surface area contributed by atoms with E-state index >= 15 is 0 Å². The molecule has 2 aromatic rings. The van der Waals surface area contributed by atoms with Gasteiger partial charge in [0.2, 0.25) is 11.0 Å². The van der Waals surface area contributed by atoms with Crippen LogP contribution >= 0.6 is 24.0 Å². The molecule has 3 N–H and O–H groups in total. The van der Waals surface area contributed by atoms with Crippen LogP contribution in [0.25, 0.3) is 0 Å². The van der Waals surface area contributed by atoms with E-state index in [4.69, 9.17) is 17.0 Å². The molecule has 0 aromatic carbocycles. The molecule has 0 bridgehead atoms. The summed E-state index contributed by atoms with van der Waals surface area (Å²) in [5.74, 6) is 0.731. The van der Waals surface area contributed by atoms with Crippen LogP contribution in [0.1, 0.15) is 40.5 Å². The molecule has 0 spiro atoms. The molecule has 3 rings (SSSR count). The standard InChI is InChI=1S/C19H28N8O2S2/c1-12(31-17-23-25-26-24-17)13-7-9-27(10-8-13)18(28)29-15-6-5-14(11-20-15)21-16(30)22-19(2,3)4/h5-6,11-13H,7-10H2,1-4H3,(H2,21,22,30)(H,23,24,25,26). The van der Waals surface area contributed by atoms with Crippen molar-refractivity contribution in [1.82, 2.24) is 35.8 Å². The van der Waals surface area contributed by atoms with Crippen LogP contribution in [0, 0.1) is 5.92 Å². The highest BCUT2D eigenvalue weighted by atomic mass is 32.2. The Morgan fingerprint density at radius 1 is 1.35 bits per heavy atom. The zero-order valence-corrected chi connectivity index (χ0v) is 19.7. The number of carbonyl (C=O) groups excluding carboxylic acids is 1. The van der Waals surface area contributed by atoms with Crippen LogP contribution in [0.15, 0.2) is 23.5 Å². The van der Waals surface area contributed by atoms with Crippen LogP contribution in [0.2, 0.25) is 0 Å². The minimum absolute atomic E-state index is 0.135. The summed E-state index contributed by atoms with van der Waals surface area (Å²) in [5.41, 5.74) is 0.583. The maximum Gasteiger partial charge on any atom is 0.416 e. The van der Waals surface area contributed by atoms with E-state index in [1.165, 1.54) is 0 Å². The molecule has 1 atom stereocenters. The summed E-state index contributed by atoms with van der Waals surface area (Å²) in [4.78, 5) is 18.4. The molecule has 3 heterocycles. The highest BCUT2D eigenvalue weighted by Gasteiger charge is 2.28. The number of aromatic nitrogens is 5. The lowest BCUT2D eigenvalue weighted by molar-refractivity contribution is 0.129. The second-order valence-corrected chi connectivity index (χ2v) is 10.2. The predicted molar refractivity (Wildman–Crippen MR) is 123 cm³/mol. The minimum atomic E-state index is -0.380. The zero-order valence-electron chi connectivity index (χ0n) is 18.1. The number of piperidine rings is 1. The lowest BCUT2D eigenvalue weighted by atomic mass is 9.94. The number of carbonyl (C=O) groups is 1. The maximum atomic E-state index is 12.5. The first-order valence-corrected chi connectivity index (χ1v) is 11.4. The summed E-state index contributed by atoms with van der Waals surface area (Å²) < 4.78 is 5.44. The fraction of sp³-hybridized carbons (Fsp3) is 0.579. The summed E-state index contributed by atoms with van der Waals surface area (Å²) in [6.07, 6.45) is 3.00. The van der Waals surface area contributed by atoms with Gasteiger partial charge in [0.25, 0.3) is 0 Å². The summed E-state index contributed by atoms with van der Waals surface area (Å²) >= 11 is 6.87. The fourth-order valence-corrected chi connectivity index (χ4v) is 4.59. The predicted octanol–water partition coefficient (Wildman–Crippen LogP) is 3.07. The van der Waals surface area contributed by atoms with E-state index in [0.717, 1.165) is 18.5 Å². The summed E-state index contributed by atoms with van der Waals surface area (Å²) in [5, 5.41) is 21.8. The van der Waals surface area contributed by atoms with Crippen LogP contribution < -0.4 is 15.4 Å². The number of nitrogens with zero attached hydrogens (tertiary/aromatic N) is 5.